The zero-order chi connectivity index (χ0) is 90.5. The summed E-state index contributed by atoms with van der Waals surface area (Å²) in [6.45, 7) is -0.983. The Balaban J connectivity index is 0.665. The Morgan fingerprint density at radius 1 is 0.520 bits per heavy atom. The number of rotatable bonds is 40. The van der Waals surface area contributed by atoms with Crippen LogP contribution in [-0.2, 0) is 81.7 Å². The van der Waals surface area contributed by atoms with Crippen LogP contribution in [0, 0.1) is 34.0 Å². The first-order chi connectivity index (χ1) is 61.2. The number of carbonyl (C=O) groups is 13. The number of unbranched alkanes of at least 4 members (excludes halogenated alkanes) is 2. The lowest BCUT2D eigenvalue weighted by molar-refractivity contribution is -0.153. The number of aliphatic carboxylic acids is 1. The number of benzene rings is 3. The number of alkyl carbamates (subject to hydrolysis) is 1. The first kappa shape index (κ1) is 94.1. The highest BCUT2D eigenvalue weighted by atomic mass is 32.1. The minimum atomic E-state index is -1.70. The minimum absolute atomic E-state index is 0.0129. The van der Waals surface area contributed by atoms with Crippen LogP contribution in [0.4, 0.5) is 4.79 Å². The number of aliphatic hydroxyl groups excluding tert-OH is 2. The topological polar surface area (TPSA) is 578 Å². The Bertz CT molecular complexity index is 4630. The van der Waals surface area contributed by atoms with Gasteiger partial charge < -0.3 is 115 Å². The van der Waals surface area contributed by atoms with Gasteiger partial charge in [-0.3, -0.25) is 69.0 Å². The third-order valence-electron chi connectivity index (χ3n) is 26.0. The molecule has 15 unspecified atom stereocenters. The number of carboxylic acids is 1. The summed E-state index contributed by atoms with van der Waals surface area (Å²) in [5.74, 6) is -10.4. The summed E-state index contributed by atoms with van der Waals surface area (Å²) >= 11 is 1.26. The molecule has 5 aliphatic heterocycles. The molecule has 12 amide bonds. The number of nitrogens with two attached hydrogens (primary N) is 3. The molecule has 4 aromatic rings. The van der Waals surface area contributed by atoms with Gasteiger partial charge in [0.25, 0.3) is 0 Å². The molecule has 1 aromatic heterocycles. The molecule has 0 spiro atoms. The number of aliphatic hydroxyl groups is 2. The van der Waals surface area contributed by atoms with E-state index in [1.165, 1.54) is 26.0 Å². The lowest BCUT2D eigenvalue weighted by Gasteiger charge is -2.42. The van der Waals surface area contributed by atoms with E-state index in [0.717, 1.165) is 58.4 Å². The maximum absolute atomic E-state index is 15.5. The molecule has 39 heteroatoms. The molecule has 38 nitrogen and oxygen atoms in total. The Kier molecular flexibility index (Phi) is 32.9. The van der Waals surface area contributed by atoms with Crippen LogP contribution in [0.25, 0.3) is 11.1 Å². The molecule has 686 valence electrons. The average Bonchev–Trinajstić information content (AvgIpc) is 1.65. The summed E-state index contributed by atoms with van der Waals surface area (Å²) in [7, 11) is 0. The molecule has 8 aliphatic rings. The second-order valence-electron chi connectivity index (χ2n) is 34.4. The second kappa shape index (κ2) is 44.4. The first-order valence-corrected chi connectivity index (χ1v) is 45.3. The Labute approximate surface area is 740 Å². The number of hydrogen-bond acceptors (Lipinski definition) is 20. The highest BCUT2D eigenvalue weighted by Gasteiger charge is 2.54. The van der Waals surface area contributed by atoms with Gasteiger partial charge in [-0.15, -0.1) is 11.3 Å². The molecule has 4 saturated heterocycles. The number of likely N-dealkylation sites (tertiary alicyclic amines) is 4. The molecule has 2 saturated carbocycles. The van der Waals surface area contributed by atoms with Gasteiger partial charge in [-0.25, -0.2) is 9.59 Å². The molecule has 127 heavy (non-hydrogen) atoms. The van der Waals surface area contributed by atoms with E-state index in [1.54, 1.807) is 40.6 Å². The number of guanidine groups is 3. The molecule has 22 N–H and O–H groups in total. The van der Waals surface area contributed by atoms with Crippen LogP contribution >= 0.6 is 11.3 Å². The van der Waals surface area contributed by atoms with Gasteiger partial charge in [-0.2, -0.15) is 0 Å². The molecule has 3 aliphatic carbocycles. The summed E-state index contributed by atoms with van der Waals surface area (Å²) in [5, 5.41) is 84.3. The predicted molar refractivity (Wildman–Crippen MR) is 467 cm³/mol. The number of nitrogens with zero attached hydrogens (tertiary/aromatic N) is 5. The van der Waals surface area contributed by atoms with Gasteiger partial charge in [0.2, 0.25) is 65.0 Å². The lowest BCUT2D eigenvalue weighted by Crippen LogP contribution is -2.63. The van der Waals surface area contributed by atoms with Gasteiger partial charge in [0.1, 0.15) is 67.0 Å². The molecule has 12 rings (SSSR count). The third kappa shape index (κ3) is 23.8. The Morgan fingerprint density at radius 3 is 1.80 bits per heavy atom. The van der Waals surface area contributed by atoms with Crippen LogP contribution in [0.1, 0.15) is 168 Å². The number of ether oxygens (including phenoxy) is 1. The van der Waals surface area contributed by atoms with Crippen molar-refractivity contribution >= 4 is 106 Å². The van der Waals surface area contributed by atoms with Crippen LogP contribution in [0.5, 0.6) is 0 Å². The Morgan fingerprint density at radius 2 is 1.13 bits per heavy atom. The van der Waals surface area contributed by atoms with E-state index in [2.05, 4.69) is 65.3 Å². The van der Waals surface area contributed by atoms with Crippen molar-refractivity contribution in [3.63, 3.8) is 0 Å². The first-order valence-electron chi connectivity index (χ1n) is 44.4. The van der Waals surface area contributed by atoms with Crippen LogP contribution in [-0.4, -0.2) is 273 Å². The fraction of sp³-hybridized carbons (Fsp3) is 0.568. The van der Waals surface area contributed by atoms with Gasteiger partial charge in [-0.05, 0) is 159 Å². The quantitative estimate of drug-likeness (QED) is 0.0164. The van der Waals surface area contributed by atoms with Crippen molar-refractivity contribution in [3.8, 4) is 11.1 Å². The highest BCUT2D eigenvalue weighted by molar-refractivity contribution is 7.09. The smallest absolute Gasteiger partial charge is 0.407 e. The predicted octanol–water partition coefficient (Wildman–Crippen LogP) is 0.490. The van der Waals surface area contributed by atoms with Gasteiger partial charge in [0.15, 0.2) is 17.9 Å². The van der Waals surface area contributed by atoms with Gasteiger partial charge in [0.05, 0.1) is 19.3 Å². The maximum Gasteiger partial charge on any atom is 0.407 e. The van der Waals surface area contributed by atoms with Crippen molar-refractivity contribution in [2.24, 2.45) is 35.0 Å². The number of hydrogen-bond donors (Lipinski definition) is 19. The molecular formula is C88H121N21O17S. The Hall–Kier alpha value is -12.0. The van der Waals surface area contributed by atoms with Crippen LogP contribution < -0.4 is 70.4 Å². The fourth-order valence-electron chi connectivity index (χ4n) is 19.8. The molecule has 0 radical (unpaired) electrons. The van der Waals surface area contributed by atoms with Gasteiger partial charge in [0, 0.05) is 94.9 Å². The van der Waals surface area contributed by atoms with Crippen LogP contribution in [0.15, 0.2) is 90.3 Å². The molecule has 0 bridgehead atoms. The second-order valence-corrected chi connectivity index (χ2v) is 35.4. The summed E-state index contributed by atoms with van der Waals surface area (Å²) < 4.78 is 5.71. The van der Waals surface area contributed by atoms with E-state index in [-0.39, 0.29) is 170 Å². The number of fused-ring (bicyclic) bond motifs is 6. The highest BCUT2D eigenvalue weighted by Crippen LogP contribution is 2.46. The number of carbonyl (C=O) groups excluding carboxylic acids is 12. The third-order valence-corrected chi connectivity index (χ3v) is 26.9. The standard InChI is InChI=1S/C88H121N21O17S/c89-85(90)95-35-13-28-62(101-79(118)74-56-27-12-21-53(56)46-108(74)73(113)33-2-1-11-34-98-88(125)126-49-61-59-25-8-6-23-57(59)58-24-7-9-26-60(58)61)75(114)102-63(29-14-36-96-86(91)92)80(119)105-38-16-32-68(105)82(121)107-47-54(111)42-69(107)77(116)99-44-72(112)100-65(43-55-22-17-39-127-55)76(115)104-66(48-110)81(120)106-45-52-20-4-3-18-50(52)40-71(106)83(122)109-67-31-10-5-19-51(67)41-70(109)78(117)103-64(84(123)124)30-15-37-97-87(93)94/h3-4,6-9,17-18,20,22-26,39,51,53-54,56,61-71,74,110-111H,1-2,5,10-16,19,21,27-38,40-49H2,(H,98,125)(H,99,116)(H,100,112)(H,101,118)(H,102,114)(H,103,117)(H,104,115)(H,123,124)(H4,89,90,95)(H4,91,92,96)(H4,93,94,97). The van der Waals surface area contributed by atoms with Crippen molar-refractivity contribution in [3.05, 3.63) is 117 Å². The van der Waals surface area contributed by atoms with E-state index in [4.69, 9.17) is 38.2 Å². The monoisotopic (exact) mass is 1780 g/mol. The maximum atomic E-state index is 15.5. The average molecular weight is 1780 g/mol. The van der Waals surface area contributed by atoms with Crippen molar-refractivity contribution < 1.29 is 82.4 Å². The van der Waals surface area contributed by atoms with Crippen LogP contribution in [0.2, 0.25) is 0 Å². The fourth-order valence-corrected chi connectivity index (χ4v) is 20.6. The molecule has 6 heterocycles. The molecular weight excluding hydrogens is 1660 g/mol. The van der Waals surface area contributed by atoms with Gasteiger partial charge >= 0.3 is 12.1 Å². The molecule has 3 aromatic carbocycles. The van der Waals surface area contributed by atoms with Gasteiger partial charge in [-0.1, -0.05) is 105 Å². The normalized spacial score (nSPS) is 22.5. The van der Waals surface area contributed by atoms with Crippen molar-refractivity contribution in [1.82, 2.24) is 77.7 Å². The zero-order valence-corrected chi connectivity index (χ0v) is 72.2. The minimum Gasteiger partial charge on any atom is -0.480 e. The van der Waals surface area contributed by atoms with Crippen molar-refractivity contribution in [2.45, 2.75) is 233 Å². The number of amides is 12. The zero-order valence-electron chi connectivity index (χ0n) is 71.4. The summed E-state index contributed by atoms with van der Waals surface area (Å²) in [5.41, 5.74) is 22.5. The van der Waals surface area contributed by atoms with E-state index in [0.29, 0.717) is 68.5 Å². The molecule has 15 atom stereocenters. The number of nitrogens with one attached hydrogen (secondary N) is 13. The molecule has 6 fully saturated rings. The van der Waals surface area contributed by atoms with E-state index in [9.17, 15) is 58.5 Å². The summed E-state index contributed by atoms with van der Waals surface area (Å²) in [6.07, 6.45) is 5.84. The van der Waals surface area contributed by atoms with E-state index >= 15 is 19.2 Å². The summed E-state index contributed by atoms with van der Waals surface area (Å²) in [6, 6.07) is 13.2. The number of thiophene rings is 1. The van der Waals surface area contributed by atoms with Crippen LogP contribution in [0.3, 0.4) is 0 Å². The van der Waals surface area contributed by atoms with E-state index < -0.39 is 157 Å². The summed E-state index contributed by atoms with van der Waals surface area (Å²) in [4.78, 5) is 196. The SMILES string of the molecule is N=C(N)NCCCC(NC(=O)C1CC2CCCCC2N1C(=O)C1Cc2ccccc2CN1C(=O)C(CO)NC(=O)C(Cc1cccs1)NC(=O)CNC(=O)C1CC(O)CN1C(=O)C1CCCN1C(=O)C(CCCNC(=N)N)NC(=O)C(CCCNC(=N)N)NC(=O)C1C2CCCC2CN1C(=O)CCCCCNC(=O)OCC1c2ccccc2-c2ccccc21)C(=O)O. The lowest BCUT2D eigenvalue weighted by atomic mass is 9.84. The van der Waals surface area contributed by atoms with Crippen molar-refractivity contribution in [1.29, 1.82) is 16.2 Å². The number of carboxylic acid groups (broad SMARTS) is 1. The number of β-amino-alcohol motifs (C(OH)–C–C–N with tert-alkyl or cyclic N) is 1. The largest absolute Gasteiger partial charge is 0.480 e. The van der Waals surface area contributed by atoms with E-state index in [1.807, 2.05) is 42.5 Å². The van der Waals surface area contributed by atoms with Crippen molar-refractivity contribution in [2.75, 3.05) is 65.6 Å².